The number of anilines is 2. The number of esters is 1. The lowest BCUT2D eigenvalue weighted by molar-refractivity contribution is -0.387. The Balaban J connectivity index is 1.95. The van der Waals surface area contributed by atoms with E-state index in [1.807, 2.05) is 0 Å². The number of amides is 2. The smallest absolute Gasteiger partial charge is 0.338 e. The Morgan fingerprint density at radius 1 is 1.11 bits per heavy atom. The Labute approximate surface area is 152 Å². The Bertz CT molecular complexity index is 915. The molecule has 0 spiro atoms. The lowest BCUT2D eigenvalue weighted by Crippen LogP contribution is -2.21. The van der Waals surface area contributed by atoms with E-state index in [1.165, 1.54) is 25.1 Å². The van der Waals surface area contributed by atoms with E-state index in [2.05, 4.69) is 10.6 Å². The number of hydrogen-bond donors (Lipinski definition) is 2. The number of halogens is 1. The third-order valence-electron chi connectivity index (χ3n) is 3.18. The van der Waals surface area contributed by atoms with E-state index in [0.717, 1.165) is 18.2 Å². The minimum atomic E-state index is -1.04. The second-order valence-corrected chi connectivity index (χ2v) is 5.31. The van der Waals surface area contributed by atoms with Gasteiger partial charge in [0.15, 0.2) is 6.61 Å². The molecule has 2 amide bonds. The second kappa shape index (κ2) is 8.52. The maximum absolute atomic E-state index is 13.3. The highest BCUT2D eigenvalue weighted by molar-refractivity contribution is 5.97. The van der Waals surface area contributed by atoms with Gasteiger partial charge in [0.1, 0.15) is 0 Å². The van der Waals surface area contributed by atoms with Gasteiger partial charge in [-0.2, -0.15) is 4.39 Å². The van der Waals surface area contributed by atoms with Crippen LogP contribution in [-0.4, -0.2) is 29.3 Å². The largest absolute Gasteiger partial charge is 0.452 e. The van der Waals surface area contributed by atoms with Crippen LogP contribution in [0, 0.1) is 15.9 Å². The summed E-state index contributed by atoms with van der Waals surface area (Å²) in [7, 11) is 0. The SMILES string of the molecule is CC(=O)Nc1cccc(C(=O)OCC(=O)Nc2ccc(F)c([N+](=O)[O-])c2)c1. The molecular weight excluding hydrogens is 361 g/mol. The van der Waals surface area contributed by atoms with Crippen LogP contribution in [0.15, 0.2) is 42.5 Å². The van der Waals surface area contributed by atoms with E-state index in [4.69, 9.17) is 4.74 Å². The fraction of sp³-hybridized carbons (Fsp3) is 0.118. The predicted octanol–water partition coefficient (Wildman–Crippen LogP) is 2.49. The van der Waals surface area contributed by atoms with Crippen molar-refractivity contribution in [1.29, 1.82) is 0 Å². The number of nitro benzene ring substituents is 1. The molecule has 9 nitrogen and oxygen atoms in total. The molecule has 0 bridgehead atoms. The van der Waals surface area contributed by atoms with E-state index < -0.39 is 34.9 Å². The number of nitro groups is 1. The molecule has 0 saturated carbocycles. The molecule has 0 heterocycles. The molecule has 2 rings (SSSR count). The van der Waals surface area contributed by atoms with Gasteiger partial charge < -0.3 is 15.4 Å². The van der Waals surface area contributed by atoms with Gasteiger partial charge in [-0.3, -0.25) is 19.7 Å². The molecule has 0 unspecified atom stereocenters. The molecular formula is C17H14FN3O6. The third kappa shape index (κ3) is 5.59. The molecule has 0 saturated heterocycles. The normalized spacial score (nSPS) is 10.0. The minimum absolute atomic E-state index is 0.0168. The van der Waals surface area contributed by atoms with E-state index in [9.17, 15) is 28.9 Å². The summed E-state index contributed by atoms with van der Waals surface area (Å²) < 4.78 is 18.1. The van der Waals surface area contributed by atoms with Gasteiger partial charge in [-0.15, -0.1) is 0 Å². The Hall–Kier alpha value is -3.82. The maximum atomic E-state index is 13.3. The van der Waals surface area contributed by atoms with Crippen molar-refractivity contribution in [3.63, 3.8) is 0 Å². The summed E-state index contributed by atoms with van der Waals surface area (Å²) in [5.41, 5.74) is -0.303. The molecule has 0 aliphatic rings. The number of nitrogens with one attached hydrogen (secondary N) is 2. The van der Waals surface area contributed by atoms with Crippen LogP contribution in [0.1, 0.15) is 17.3 Å². The highest BCUT2D eigenvalue weighted by Crippen LogP contribution is 2.21. The molecule has 10 heteroatoms. The molecule has 0 radical (unpaired) electrons. The molecule has 0 aromatic heterocycles. The van der Waals surface area contributed by atoms with Gasteiger partial charge in [0.05, 0.1) is 10.5 Å². The zero-order chi connectivity index (χ0) is 20.0. The van der Waals surface area contributed by atoms with Crippen LogP contribution in [0.2, 0.25) is 0 Å². The highest BCUT2D eigenvalue weighted by Gasteiger charge is 2.16. The van der Waals surface area contributed by atoms with Crippen molar-refractivity contribution in [2.24, 2.45) is 0 Å². The number of nitrogens with zero attached hydrogens (tertiary/aromatic N) is 1. The lowest BCUT2D eigenvalue weighted by atomic mass is 10.2. The lowest BCUT2D eigenvalue weighted by Gasteiger charge is -2.08. The summed E-state index contributed by atoms with van der Waals surface area (Å²) >= 11 is 0. The zero-order valence-electron chi connectivity index (χ0n) is 14.0. The summed E-state index contributed by atoms with van der Waals surface area (Å²) in [6, 6.07) is 8.75. The van der Waals surface area contributed by atoms with Crippen LogP contribution in [-0.2, 0) is 14.3 Å². The van der Waals surface area contributed by atoms with Crippen LogP contribution in [0.3, 0.4) is 0 Å². The summed E-state index contributed by atoms with van der Waals surface area (Å²) in [6.45, 7) is 0.656. The van der Waals surface area contributed by atoms with Gasteiger partial charge >= 0.3 is 11.7 Å². The third-order valence-corrected chi connectivity index (χ3v) is 3.18. The van der Waals surface area contributed by atoms with Crippen LogP contribution in [0.4, 0.5) is 21.5 Å². The van der Waals surface area contributed by atoms with Crippen molar-refractivity contribution in [3.8, 4) is 0 Å². The summed E-state index contributed by atoms with van der Waals surface area (Å²) in [5.74, 6) is -2.92. The van der Waals surface area contributed by atoms with E-state index in [1.54, 1.807) is 6.07 Å². The molecule has 0 aliphatic carbocycles. The maximum Gasteiger partial charge on any atom is 0.338 e. The first-order chi connectivity index (χ1) is 12.8. The standard InChI is InChI=1S/C17H14FN3O6/c1-10(22)19-12-4-2-3-11(7-12)17(24)27-9-16(23)20-13-5-6-14(18)15(8-13)21(25)26/h2-8H,9H2,1H3,(H,19,22)(H,20,23). The predicted molar refractivity (Wildman–Crippen MR) is 92.7 cm³/mol. The molecule has 27 heavy (non-hydrogen) atoms. The monoisotopic (exact) mass is 375 g/mol. The van der Waals surface area contributed by atoms with Gasteiger partial charge in [-0.1, -0.05) is 6.07 Å². The number of carbonyl (C=O) groups is 3. The quantitative estimate of drug-likeness (QED) is 0.454. The zero-order valence-corrected chi connectivity index (χ0v) is 14.0. The number of rotatable bonds is 6. The van der Waals surface area contributed by atoms with Gasteiger partial charge in [-0.25, -0.2) is 4.79 Å². The molecule has 2 N–H and O–H groups in total. The summed E-state index contributed by atoms with van der Waals surface area (Å²) in [4.78, 5) is 44.6. The van der Waals surface area contributed by atoms with Crippen LogP contribution < -0.4 is 10.6 Å². The van der Waals surface area contributed by atoms with Crippen molar-refractivity contribution in [2.45, 2.75) is 6.92 Å². The summed E-state index contributed by atoms with van der Waals surface area (Å²) in [5, 5.41) is 15.5. The Morgan fingerprint density at radius 2 is 1.81 bits per heavy atom. The first-order valence-corrected chi connectivity index (χ1v) is 7.55. The molecule has 2 aromatic carbocycles. The first kappa shape index (κ1) is 19.5. The molecule has 2 aromatic rings. The average Bonchev–Trinajstić information content (AvgIpc) is 2.60. The Kier molecular flexibility index (Phi) is 6.15. The average molecular weight is 375 g/mol. The molecule has 0 atom stereocenters. The highest BCUT2D eigenvalue weighted by atomic mass is 19.1. The van der Waals surface area contributed by atoms with Gasteiger partial charge in [0.2, 0.25) is 11.7 Å². The second-order valence-electron chi connectivity index (χ2n) is 5.31. The van der Waals surface area contributed by atoms with Crippen molar-refractivity contribution in [1.82, 2.24) is 0 Å². The van der Waals surface area contributed by atoms with Crippen molar-refractivity contribution >= 4 is 34.8 Å². The number of ether oxygens (including phenoxy) is 1. The molecule has 0 aliphatic heterocycles. The van der Waals surface area contributed by atoms with E-state index >= 15 is 0 Å². The van der Waals surface area contributed by atoms with E-state index in [0.29, 0.717) is 5.69 Å². The van der Waals surface area contributed by atoms with Crippen molar-refractivity contribution < 1.29 is 28.4 Å². The number of carbonyl (C=O) groups excluding carboxylic acids is 3. The minimum Gasteiger partial charge on any atom is -0.452 e. The van der Waals surface area contributed by atoms with Crippen molar-refractivity contribution in [3.05, 3.63) is 64.0 Å². The molecule has 140 valence electrons. The fourth-order valence-electron chi connectivity index (χ4n) is 2.07. The summed E-state index contributed by atoms with van der Waals surface area (Å²) in [6.07, 6.45) is 0. The fourth-order valence-corrected chi connectivity index (χ4v) is 2.07. The first-order valence-electron chi connectivity index (χ1n) is 7.55. The van der Waals surface area contributed by atoms with Crippen LogP contribution >= 0.6 is 0 Å². The van der Waals surface area contributed by atoms with Crippen molar-refractivity contribution in [2.75, 3.05) is 17.2 Å². The Morgan fingerprint density at radius 3 is 2.48 bits per heavy atom. The number of benzene rings is 2. The van der Waals surface area contributed by atoms with Gasteiger partial charge in [0, 0.05) is 24.4 Å². The molecule has 0 fully saturated rings. The van der Waals surface area contributed by atoms with Crippen LogP contribution in [0.25, 0.3) is 0 Å². The van der Waals surface area contributed by atoms with Crippen LogP contribution in [0.5, 0.6) is 0 Å². The van der Waals surface area contributed by atoms with Gasteiger partial charge in [0.25, 0.3) is 5.91 Å². The number of hydrogen-bond acceptors (Lipinski definition) is 6. The van der Waals surface area contributed by atoms with Gasteiger partial charge in [-0.05, 0) is 30.3 Å². The topological polar surface area (TPSA) is 128 Å². The van der Waals surface area contributed by atoms with E-state index in [-0.39, 0.29) is 17.2 Å².